The summed E-state index contributed by atoms with van der Waals surface area (Å²) in [5.41, 5.74) is 2.08. The fourth-order valence-electron chi connectivity index (χ4n) is 3.47. The van der Waals surface area contributed by atoms with Gasteiger partial charge in [0.25, 0.3) is 0 Å². The van der Waals surface area contributed by atoms with Gasteiger partial charge in [0.1, 0.15) is 0 Å². The van der Waals surface area contributed by atoms with E-state index in [2.05, 4.69) is 29.2 Å². The van der Waals surface area contributed by atoms with Gasteiger partial charge in [-0.25, -0.2) is 0 Å². The molecular weight excluding hydrogens is 487 g/mol. The normalized spacial score (nSPS) is 14.6. The Labute approximate surface area is 192 Å². The summed E-state index contributed by atoms with van der Waals surface area (Å²) in [5.74, 6) is -1.95. The lowest BCUT2D eigenvalue weighted by atomic mass is 10.1. The van der Waals surface area contributed by atoms with Gasteiger partial charge in [0, 0.05) is 11.1 Å². The smallest absolute Gasteiger partial charge is 0.395 e. The van der Waals surface area contributed by atoms with Crippen molar-refractivity contribution in [1.29, 1.82) is 0 Å². The lowest BCUT2D eigenvalue weighted by Crippen LogP contribution is -2.26. The summed E-state index contributed by atoms with van der Waals surface area (Å²) in [5, 5.41) is 7.99. The van der Waals surface area contributed by atoms with Crippen LogP contribution in [0.4, 0.5) is 22.0 Å². The number of alkyl halides is 5. The highest BCUT2D eigenvalue weighted by Crippen LogP contribution is 2.48. The monoisotopic (exact) mass is 498 g/mol. The molecule has 13 heteroatoms. The predicted molar refractivity (Wildman–Crippen MR) is 107 cm³/mol. The molecule has 0 amide bonds. The molecule has 1 aliphatic heterocycles. The van der Waals surface area contributed by atoms with Crippen LogP contribution in [0.5, 0.6) is 11.5 Å². The molecule has 0 fully saturated rings. The molecule has 2 aromatic carbocycles. The summed E-state index contributed by atoms with van der Waals surface area (Å²) in [7, 11) is 0. The van der Waals surface area contributed by atoms with Crippen molar-refractivity contribution in [3.63, 3.8) is 0 Å². The molecule has 0 unspecified atom stereocenters. The largest absolute Gasteiger partial charge is 0.586 e. The summed E-state index contributed by atoms with van der Waals surface area (Å²) >= 11 is 6.45. The number of rotatable bonds is 4. The Balaban J connectivity index is 1.46. The SMILES string of the molecule is Cc1nn(Cc2ccc(-c3noc(C(F)(F)F)n3)cc2)c(-c2cccc3c2OC(F)(F)O3)c1Cl. The first kappa shape index (κ1) is 22.1. The molecule has 0 N–H and O–H groups in total. The number of halogens is 6. The Morgan fingerprint density at radius 1 is 1.06 bits per heavy atom. The zero-order valence-electron chi connectivity index (χ0n) is 17.0. The highest BCUT2D eigenvalue weighted by atomic mass is 35.5. The van der Waals surface area contributed by atoms with Crippen molar-refractivity contribution in [2.45, 2.75) is 25.9 Å². The lowest BCUT2D eigenvalue weighted by Gasteiger charge is -2.11. The third kappa shape index (κ3) is 3.94. The summed E-state index contributed by atoms with van der Waals surface area (Å²) in [6, 6.07) is 10.7. The summed E-state index contributed by atoms with van der Waals surface area (Å²) < 4.78 is 80.3. The third-order valence-corrected chi connectivity index (χ3v) is 5.40. The number of aromatic nitrogens is 4. The Kier molecular flexibility index (Phi) is 5.01. The van der Waals surface area contributed by atoms with E-state index in [1.54, 1.807) is 25.1 Å². The standard InChI is InChI=1S/C21H12ClF5N4O3/c1-10-15(22)16(13-3-2-4-14-17(13)33-21(26,27)32-14)31(29-10)9-11-5-7-12(8-6-11)18-28-19(34-30-18)20(23,24)25/h2-8H,9H2,1H3. The second-order valence-electron chi connectivity index (χ2n) is 7.32. The number of benzene rings is 2. The van der Waals surface area contributed by atoms with Gasteiger partial charge in [0.2, 0.25) is 5.82 Å². The van der Waals surface area contributed by atoms with Crippen LogP contribution in [0.3, 0.4) is 0 Å². The van der Waals surface area contributed by atoms with Crippen molar-refractivity contribution in [2.75, 3.05) is 0 Å². The predicted octanol–water partition coefficient (Wildman–Crippen LogP) is 5.95. The first-order valence-electron chi connectivity index (χ1n) is 9.64. The number of hydrogen-bond acceptors (Lipinski definition) is 6. The molecule has 0 saturated heterocycles. The zero-order chi connectivity index (χ0) is 24.3. The molecule has 2 aromatic heterocycles. The average molecular weight is 499 g/mol. The number of aryl methyl sites for hydroxylation is 1. The molecule has 7 nitrogen and oxygen atoms in total. The van der Waals surface area contributed by atoms with E-state index in [0.29, 0.717) is 22.5 Å². The molecule has 5 rings (SSSR count). The molecule has 1 aliphatic rings. The zero-order valence-corrected chi connectivity index (χ0v) is 17.8. The van der Waals surface area contributed by atoms with Gasteiger partial charge in [-0.2, -0.15) is 23.3 Å². The van der Waals surface area contributed by atoms with Crippen LogP contribution in [0.15, 0.2) is 47.0 Å². The van der Waals surface area contributed by atoms with Crippen LogP contribution in [-0.2, 0) is 12.7 Å². The first-order chi connectivity index (χ1) is 16.0. The molecule has 0 saturated carbocycles. The molecule has 0 spiro atoms. The van der Waals surface area contributed by atoms with E-state index < -0.39 is 18.4 Å². The number of fused-ring (bicyclic) bond motifs is 1. The van der Waals surface area contributed by atoms with Crippen LogP contribution >= 0.6 is 11.6 Å². The van der Waals surface area contributed by atoms with Crippen LogP contribution in [0, 0.1) is 6.92 Å². The van der Waals surface area contributed by atoms with Gasteiger partial charge < -0.3 is 14.0 Å². The van der Waals surface area contributed by atoms with E-state index in [-0.39, 0.29) is 34.5 Å². The Hall–Kier alpha value is -3.67. The minimum absolute atomic E-state index is 0.133. The molecule has 3 heterocycles. The van der Waals surface area contributed by atoms with Crippen molar-refractivity contribution in [3.05, 3.63) is 64.6 Å². The van der Waals surface area contributed by atoms with Crippen molar-refractivity contribution >= 4 is 11.6 Å². The Morgan fingerprint density at radius 2 is 1.79 bits per heavy atom. The number of ether oxygens (including phenoxy) is 2. The van der Waals surface area contributed by atoms with Gasteiger partial charge in [-0.05, 0) is 24.6 Å². The summed E-state index contributed by atoms with van der Waals surface area (Å²) in [4.78, 5) is 3.35. The minimum atomic E-state index is -4.74. The van der Waals surface area contributed by atoms with Gasteiger partial charge in [-0.3, -0.25) is 4.68 Å². The van der Waals surface area contributed by atoms with Gasteiger partial charge in [0.05, 0.1) is 23.0 Å². The maximum absolute atomic E-state index is 13.7. The van der Waals surface area contributed by atoms with E-state index >= 15 is 0 Å². The van der Waals surface area contributed by atoms with Crippen LogP contribution in [0.25, 0.3) is 22.6 Å². The van der Waals surface area contributed by atoms with E-state index in [1.807, 2.05) is 0 Å². The van der Waals surface area contributed by atoms with Gasteiger partial charge >= 0.3 is 18.4 Å². The summed E-state index contributed by atoms with van der Waals surface area (Å²) in [6.07, 6.45) is -8.54. The molecule has 34 heavy (non-hydrogen) atoms. The van der Waals surface area contributed by atoms with Crippen molar-refractivity contribution in [3.8, 4) is 34.1 Å². The molecule has 176 valence electrons. The Morgan fingerprint density at radius 3 is 2.47 bits per heavy atom. The fourth-order valence-corrected chi connectivity index (χ4v) is 3.71. The second kappa shape index (κ2) is 7.69. The Bertz CT molecular complexity index is 1380. The van der Waals surface area contributed by atoms with E-state index in [4.69, 9.17) is 11.6 Å². The van der Waals surface area contributed by atoms with Crippen molar-refractivity contribution in [2.24, 2.45) is 0 Å². The second-order valence-corrected chi connectivity index (χ2v) is 7.70. The van der Waals surface area contributed by atoms with Crippen LogP contribution in [0.2, 0.25) is 5.02 Å². The molecule has 0 aliphatic carbocycles. The average Bonchev–Trinajstić information content (AvgIpc) is 3.44. The quantitative estimate of drug-likeness (QED) is 0.324. The number of nitrogens with zero attached hydrogens (tertiary/aromatic N) is 4. The van der Waals surface area contributed by atoms with Crippen molar-refractivity contribution < 1.29 is 35.9 Å². The molecule has 4 aromatic rings. The van der Waals surface area contributed by atoms with Crippen LogP contribution in [-0.4, -0.2) is 26.2 Å². The maximum atomic E-state index is 13.7. The maximum Gasteiger partial charge on any atom is 0.586 e. The fraction of sp³-hybridized carbons (Fsp3) is 0.190. The number of hydrogen-bond donors (Lipinski definition) is 0. The van der Waals surface area contributed by atoms with Gasteiger partial charge in [0.15, 0.2) is 11.5 Å². The van der Waals surface area contributed by atoms with E-state index in [9.17, 15) is 22.0 Å². The number of para-hydroxylation sites is 1. The third-order valence-electron chi connectivity index (χ3n) is 4.95. The van der Waals surface area contributed by atoms with E-state index in [1.165, 1.54) is 28.9 Å². The van der Waals surface area contributed by atoms with Crippen molar-refractivity contribution in [1.82, 2.24) is 19.9 Å². The van der Waals surface area contributed by atoms with E-state index in [0.717, 1.165) is 0 Å². The van der Waals surface area contributed by atoms with Crippen LogP contribution in [0.1, 0.15) is 17.1 Å². The lowest BCUT2D eigenvalue weighted by molar-refractivity contribution is -0.286. The van der Waals surface area contributed by atoms with Gasteiger partial charge in [-0.15, -0.1) is 8.78 Å². The highest BCUT2D eigenvalue weighted by Gasteiger charge is 2.45. The molecule has 0 atom stereocenters. The molecular formula is C21H12ClF5N4O3. The topological polar surface area (TPSA) is 75.2 Å². The highest BCUT2D eigenvalue weighted by molar-refractivity contribution is 6.33. The molecule has 0 radical (unpaired) electrons. The minimum Gasteiger partial charge on any atom is -0.395 e. The molecule has 0 bridgehead atoms. The summed E-state index contributed by atoms with van der Waals surface area (Å²) in [6.45, 7) is 1.83. The first-order valence-corrected chi connectivity index (χ1v) is 10.0. The van der Waals surface area contributed by atoms with Gasteiger partial charge in [-0.1, -0.05) is 47.1 Å². The van der Waals surface area contributed by atoms with Crippen LogP contribution < -0.4 is 9.47 Å².